The van der Waals surface area contributed by atoms with Crippen LogP contribution >= 0.6 is 0 Å². The van der Waals surface area contributed by atoms with Crippen molar-refractivity contribution in [2.75, 3.05) is 33.7 Å². The maximum absolute atomic E-state index is 4.96. The zero-order valence-electron chi connectivity index (χ0n) is 17.1. The average molecular weight is 377 g/mol. The average Bonchev–Trinajstić information content (AvgIpc) is 3.11. The van der Waals surface area contributed by atoms with Crippen LogP contribution in [-0.2, 0) is 6.42 Å². The second kappa shape index (κ2) is 7.81. The summed E-state index contributed by atoms with van der Waals surface area (Å²) in [5.41, 5.74) is 4.53. The van der Waals surface area contributed by atoms with Crippen LogP contribution in [0.4, 0.5) is 0 Å². The van der Waals surface area contributed by atoms with Gasteiger partial charge in [0.25, 0.3) is 0 Å². The Morgan fingerprint density at radius 2 is 1.82 bits per heavy atom. The summed E-state index contributed by atoms with van der Waals surface area (Å²) in [7, 11) is 4.40. The van der Waals surface area contributed by atoms with Gasteiger partial charge < -0.3 is 9.80 Å². The van der Waals surface area contributed by atoms with Gasteiger partial charge in [-0.15, -0.1) is 5.10 Å². The van der Waals surface area contributed by atoms with E-state index in [-0.39, 0.29) is 0 Å². The van der Waals surface area contributed by atoms with Crippen molar-refractivity contribution in [3.05, 3.63) is 59.7 Å². The number of pyridine rings is 1. The summed E-state index contributed by atoms with van der Waals surface area (Å²) in [4.78, 5) is 13.9. The van der Waals surface area contributed by atoms with E-state index in [1.807, 2.05) is 16.8 Å². The quantitative estimate of drug-likeness (QED) is 0.701. The molecule has 6 nitrogen and oxygen atoms in total. The minimum absolute atomic E-state index is 0.428. The van der Waals surface area contributed by atoms with Crippen LogP contribution in [0, 0.1) is 13.8 Å². The van der Waals surface area contributed by atoms with Crippen molar-refractivity contribution in [1.29, 1.82) is 0 Å². The van der Waals surface area contributed by atoms with Crippen molar-refractivity contribution in [2.45, 2.75) is 26.3 Å². The molecule has 1 fully saturated rings. The van der Waals surface area contributed by atoms with Crippen molar-refractivity contribution >= 4 is 0 Å². The van der Waals surface area contributed by atoms with E-state index in [1.165, 1.54) is 11.1 Å². The van der Waals surface area contributed by atoms with Crippen LogP contribution in [0.25, 0.3) is 17.1 Å². The molecule has 0 amide bonds. The van der Waals surface area contributed by atoms with Gasteiger partial charge in [0, 0.05) is 50.1 Å². The van der Waals surface area contributed by atoms with Crippen LogP contribution in [0.15, 0.2) is 42.7 Å². The van der Waals surface area contributed by atoms with Crippen LogP contribution in [0.1, 0.15) is 17.0 Å². The van der Waals surface area contributed by atoms with Gasteiger partial charge in [0.1, 0.15) is 5.82 Å². The molecular formula is C22H28N6. The first-order valence-corrected chi connectivity index (χ1v) is 9.84. The SMILES string of the molecule is Cc1ccc(C)c(-n2nc(-c3ccncc3)nc2C[C@@H]2CN(C)CCN2C)c1. The Labute approximate surface area is 166 Å². The number of hydrogen-bond donors (Lipinski definition) is 0. The fourth-order valence-electron chi connectivity index (χ4n) is 3.77. The highest BCUT2D eigenvalue weighted by Crippen LogP contribution is 2.23. The lowest BCUT2D eigenvalue weighted by Crippen LogP contribution is -2.51. The van der Waals surface area contributed by atoms with Crippen molar-refractivity contribution in [3.63, 3.8) is 0 Å². The molecule has 0 N–H and O–H groups in total. The first kappa shape index (κ1) is 18.8. The summed E-state index contributed by atoms with van der Waals surface area (Å²) >= 11 is 0. The molecule has 0 bridgehead atoms. The van der Waals surface area contributed by atoms with E-state index in [1.54, 1.807) is 12.4 Å². The van der Waals surface area contributed by atoms with Crippen LogP contribution in [-0.4, -0.2) is 69.3 Å². The van der Waals surface area contributed by atoms with Crippen molar-refractivity contribution in [2.24, 2.45) is 0 Å². The molecule has 1 aromatic carbocycles. The van der Waals surface area contributed by atoms with Crippen LogP contribution in [0.5, 0.6) is 0 Å². The molecule has 1 saturated heterocycles. The Hall–Kier alpha value is -2.57. The molecule has 28 heavy (non-hydrogen) atoms. The summed E-state index contributed by atoms with van der Waals surface area (Å²) < 4.78 is 2.04. The second-order valence-corrected chi connectivity index (χ2v) is 7.89. The first-order chi connectivity index (χ1) is 13.5. The summed E-state index contributed by atoms with van der Waals surface area (Å²) in [6.45, 7) is 7.48. The molecule has 1 aliphatic heterocycles. The zero-order valence-corrected chi connectivity index (χ0v) is 17.1. The van der Waals surface area contributed by atoms with E-state index in [9.17, 15) is 0 Å². The standard InChI is InChI=1S/C22H28N6/c1-16-5-6-17(2)20(13-16)28-21(14-19-15-26(3)11-12-27(19)4)24-22(25-28)18-7-9-23-10-8-18/h5-10,13,19H,11-12,14-15H2,1-4H3/t19-/m1/s1. The molecule has 2 aromatic heterocycles. The van der Waals surface area contributed by atoms with Gasteiger partial charge in [0.2, 0.25) is 0 Å². The fraction of sp³-hybridized carbons (Fsp3) is 0.409. The van der Waals surface area contributed by atoms with Gasteiger partial charge in [-0.05, 0) is 57.3 Å². The van der Waals surface area contributed by atoms with Gasteiger partial charge in [-0.25, -0.2) is 9.67 Å². The molecular weight excluding hydrogens is 348 g/mol. The highest BCUT2D eigenvalue weighted by atomic mass is 15.4. The first-order valence-electron chi connectivity index (χ1n) is 9.84. The topological polar surface area (TPSA) is 50.1 Å². The lowest BCUT2D eigenvalue weighted by Gasteiger charge is -2.37. The Morgan fingerprint density at radius 3 is 2.61 bits per heavy atom. The Kier molecular flexibility index (Phi) is 5.24. The third-order valence-corrected chi connectivity index (χ3v) is 5.60. The number of rotatable bonds is 4. The molecule has 4 rings (SSSR count). The number of aryl methyl sites for hydroxylation is 2. The summed E-state index contributed by atoms with van der Waals surface area (Å²) in [6.07, 6.45) is 4.45. The summed E-state index contributed by atoms with van der Waals surface area (Å²) in [6, 6.07) is 10.9. The normalized spacial score (nSPS) is 18.5. The lowest BCUT2D eigenvalue weighted by atomic mass is 10.1. The Balaban J connectivity index is 1.77. The maximum atomic E-state index is 4.96. The van der Waals surface area contributed by atoms with Crippen LogP contribution < -0.4 is 0 Å². The monoisotopic (exact) mass is 376 g/mol. The van der Waals surface area contributed by atoms with E-state index in [2.05, 4.69) is 60.9 Å². The molecule has 1 aliphatic rings. The Bertz CT molecular complexity index is 949. The van der Waals surface area contributed by atoms with Crippen LogP contribution in [0.3, 0.4) is 0 Å². The molecule has 3 heterocycles. The molecule has 1 atom stereocenters. The molecule has 146 valence electrons. The predicted octanol–water partition coefficient (Wildman–Crippen LogP) is 2.73. The molecule has 0 unspecified atom stereocenters. The fourth-order valence-corrected chi connectivity index (χ4v) is 3.77. The smallest absolute Gasteiger partial charge is 0.181 e. The highest BCUT2D eigenvalue weighted by molar-refractivity contribution is 5.54. The summed E-state index contributed by atoms with van der Waals surface area (Å²) in [5, 5.41) is 4.91. The highest BCUT2D eigenvalue weighted by Gasteiger charge is 2.25. The van der Waals surface area contributed by atoms with Crippen molar-refractivity contribution < 1.29 is 0 Å². The molecule has 6 heteroatoms. The van der Waals surface area contributed by atoms with Gasteiger partial charge in [0.15, 0.2) is 5.82 Å². The number of aromatic nitrogens is 4. The van der Waals surface area contributed by atoms with Crippen molar-refractivity contribution in [1.82, 2.24) is 29.5 Å². The minimum Gasteiger partial charge on any atom is -0.304 e. The van der Waals surface area contributed by atoms with E-state index in [4.69, 9.17) is 10.1 Å². The third-order valence-electron chi connectivity index (χ3n) is 5.60. The number of likely N-dealkylation sites (N-methyl/N-ethyl adjacent to an activating group) is 2. The lowest BCUT2D eigenvalue weighted by molar-refractivity contribution is 0.113. The van der Waals surface area contributed by atoms with Gasteiger partial charge in [0.05, 0.1) is 5.69 Å². The Morgan fingerprint density at radius 1 is 1.04 bits per heavy atom. The van der Waals surface area contributed by atoms with Gasteiger partial charge in [-0.1, -0.05) is 12.1 Å². The number of benzene rings is 1. The summed E-state index contributed by atoms with van der Waals surface area (Å²) in [5.74, 6) is 1.76. The number of hydrogen-bond acceptors (Lipinski definition) is 5. The largest absolute Gasteiger partial charge is 0.304 e. The molecule has 0 spiro atoms. The molecule has 0 aliphatic carbocycles. The molecule has 0 saturated carbocycles. The van der Waals surface area contributed by atoms with Crippen molar-refractivity contribution in [3.8, 4) is 17.1 Å². The number of piperazine rings is 1. The second-order valence-electron chi connectivity index (χ2n) is 7.89. The predicted molar refractivity (Wildman–Crippen MR) is 112 cm³/mol. The zero-order chi connectivity index (χ0) is 19.7. The van der Waals surface area contributed by atoms with Gasteiger partial charge in [-0.2, -0.15) is 0 Å². The van der Waals surface area contributed by atoms with E-state index in [0.717, 1.165) is 49.0 Å². The van der Waals surface area contributed by atoms with Crippen LogP contribution in [0.2, 0.25) is 0 Å². The van der Waals surface area contributed by atoms with E-state index >= 15 is 0 Å². The van der Waals surface area contributed by atoms with E-state index < -0.39 is 0 Å². The third kappa shape index (κ3) is 3.84. The van der Waals surface area contributed by atoms with Gasteiger partial charge in [-0.3, -0.25) is 4.98 Å². The molecule has 3 aromatic rings. The molecule has 0 radical (unpaired) electrons. The number of nitrogens with zero attached hydrogens (tertiary/aromatic N) is 6. The van der Waals surface area contributed by atoms with Gasteiger partial charge >= 0.3 is 0 Å². The maximum Gasteiger partial charge on any atom is 0.181 e. The minimum atomic E-state index is 0.428. The van der Waals surface area contributed by atoms with E-state index in [0.29, 0.717) is 6.04 Å².